The first kappa shape index (κ1) is 15.0. The maximum absolute atomic E-state index is 12.5. The minimum atomic E-state index is -4.38. The van der Waals surface area contributed by atoms with Gasteiger partial charge in [0.2, 0.25) is 0 Å². The van der Waals surface area contributed by atoms with Crippen molar-refractivity contribution in [3.8, 4) is 5.75 Å². The Morgan fingerprint density at radius 1 is 1.35 bits per heavy atom. The van der Waals surface area contributed by atoms with Gasteiger partial charge in [-0.05, 0) is 43.9 Å². The molecule has 0 radical (unpaired) electrons. The zero-order valence-corrected chi connectivity index (χ0v) is 11.1. The highest BCUT2D eigenvalue weighted by Crippen LogP contribution is 2.33. The van der Waals surface area contributed by atoms with E-state index in [9.17, 15) is 13.2 Å². The van der Waals surface area contributed by atoms with Gasteiger partial charge >= 0.3 is 6.18 Å². The number of ether oxygens (including phenoxy) is 2. The molecule has 0 spiro atoms. The molecule has 1 atom stereocenters. The second-order valence-electron chi connectivity index (χ2n) is 4.88. The topological polar surface area (TPSA) is 44.5 Å². The van der Waals surface area contributed by atoms with Crippen LogP contribution in [0.25, 0.3) is 0 Å². The molecular weight excluding hydrogens is 271 g/mol. The van der Waals surface area contributed by atoms with E-state index >= 15 is 0 Å². The molecule has 0 saturated carbocycles. The molecule has 1 aliphatic rings. The molecule has 0 aromatic heterocycles. The number of hydrogen-bond acceptors (Lipinski definition) is 3. The second kappa shape index (κ2) is 6.35. The van der Waals surface area contributed by atoms with Crippen LogP contribution in [0.3, 0.4) is 0 Å². The molecule has 1 aliphatic heterocycles. The fraction of sp³-hybridized carbons (Fsp3) is 0.571. The third kappa shape index (κ3) is 4.03. The van der Waals surface area contributed by atoms with Crippen molar-refractivity contribution < 1.29 is 22.6 Å². The van der Waals surface area contributed by atoms with Crippen LogP contribution < -0.4 is 10.5 Å². The largest absolute Gasteiger partial charge is 0.491 e. The highest BCUT2D eigenvalue weighted by Gasteiger charge is 2.30. The first-order valence-corrected chi connectivity index (χ1v) is 6.68. The van der Waals surface area contributed by atoms with Crippen LogP contribution in [0.15, 0.2) is 18.2 Å². The standard InChI is InChI=1S/C14H18F3NO2/c15-14(16,17)10-5-6-13(12(18)9-10)20-8-2-4-11-3-1-7-19-11/h5-6,9,11H,1-4,7-8,18H2. The van der Waals surface area contributed by atoms with Gasteiger partial charge in [0.25, 0.3) is 0 Å². The van der Waals surface area contributed by atoms with Crippen LogP contribution in [0.1, 0.15) is 31.2 Å². The molecule has 2 N–H and O–H groups in total. The van der Waals surface area contributed by atoms with E-state index in [2.05, 4.69) is 0 Å². The Balaban J connectivity index is 1.80. The average Bonchev–Trinajstić information content (AvgIpc) is 2.88. The number of hydrogen-bond donors (Lipinski definition) is 1. The van der Waals surface area contributed by atoms with E-state index in [0.717, 1.165) is 44.4 Å². The van der Waals surface area contributed by atoms with Gasteiger partial charge in [-0.1, -0.05) is 0 Å². The molecule has 1 unspecified atom stereocenters. The maximum atomic E-state index is 12.5. The van der Waals surface area contributed by atoms with E-state index in [1.165, 1.54) is 6.07 Å². The van der Waals surface area contributed by atoms with Crippen LogP contribution in [0, 0.1) is 0 Å². The quantitative estimate of drug-likeness (QED) is 0.665. The van der Waals surface area contributed by atoms with Gasteiger partial charge < -0.3 is 15.2 Å². The van der Waals surface area contributed by atoms with Crippen molar-refractivity contribution in [1.82, 2.24) is 0 Å². The molecule has 20 heavy (non-hydrogen) atoms. The van der Waals surface area contributed by atoms with Gasteiger partial charge in [0.15, 0.2) is 0 Å². The highest BCUT2D eigenvalue weighted by atomic mass is 19.4. The first-order chi connectivity index (χ1) is 9.47. The molecule has 1 fully saturated rings. The van der Waals surface area contributed by atoms with E-state index in [1.807, 2.05) is 0 Å². The lowest BCUT2D eigenvalue weighted by Crippen LogP contribution is -2.09. The summed E-state index contributed by atoms with van der Waals surface area (Å²) in [6.07, 6.45) is -0.221. The summed E-state index contributed by atoms with van der Waals surface area (Å²) in [6.45, 7) is 1.24. The van der Waals surface area contributed by atoms with Gasteiger partial charge in [0.1, 0.15) is 5.75 Å². The third-order valence-corrected chi connectivity index (χ3v) is 3.29. The first-order valence-electron chi connectivity index (χ1n) is 6.68. The van der Waals surface area contributed by atoms with Crippen LogP contribution >= 0.6 is 0 Å². The number of alkyl halides is 3. The number of anilines is 1. The van der Waals surface area contributed by atoms with E-state index in [-0.39, 0.29) is 5.69 Å². The smallest absolute Gasteiger partial charge is 0.416 e. The Morgan fingerprint density at radius 3 is 2.75 bits per heavy atom. The molecule has 1 heterocycles. The van der Waals surface area contributed by atoms with E-state index in [1.54, 1.807) is 0 Å². The Morgan fingerprint density at radius 2 is 2.15 bits per heavy atom. The predicted octanol–water partition coefficient (Wildman–Crippen LogP) is 3.63. The number of nitrogens with two attached hydrogens (primary N) is 1. The van der Waals surface area contributed by atoms with Crippen molar-refractivity contribution in [3.05, 3.63) is 23.8 Å². The van der Waals surface area contributed by atoms with Crippen LogP contribution in [0.4, 0.5) is 18.9 Å². The molecule has 1 aromatic carbocycles. The lowest BCUT2D eigenvalue weighted by Gasteiger charge is -2.13. The summed E-state index contributed by atoms with van der Waals surface area (Å²) >= 11 is 0. The molecule has 0 amide bonds. The van der Waals surface area contributed by atoms with Gasteiger partial charge in [0.05, 0.1) is 24.0 Å². The number of halogens is 3. The average molecular weight is 289 g/mol. The minimum Gasteiger partial charge on any atom is -0.491 e. The van der Waals surface area contributed by atoms with Crippen LogP contribution in [-0.4, -0.2) is 19.3 Å². The van der Waals surface area contributed by atoms with Crippen LogP contribution in [-0.2, 0) is 10.9 Å². The van der Waals surface area contributed by atoms with Crippen LogP contribution in [0.2, 0.25) is 0 Å². The van der Waals surface area contributed by atoms with Crippen molar-refractivity contribution in [2.45, 2.75) is 38.0 Å². The molecule has 2 rings (SSSR count). The molecule has 0 bridgehead atoms. The van der Waals surface area contributed by atoms with Crippen molar-refractivity contribution >= 4 is 5.69 Å². The van der Waals surface area contributed by atoms with Crippen molar-refractivity contribution in [1.29, 1.82) is 0 Å². The highest BCUT2D eigenvalue weighted by molar-refractivity contribution is 5.54. The third-order valence-electron chi connectivity index (χ3n) is 3.29. The number of benzene rings is 1. The van der Waals surface area contributed by atoms with Crippen LogP contribution in [0.5, 0.6) is 5.75 Å². The van der Waals surface area contributed by atoms with Gasteiger partial charge in [-0.2, -0.15) is 13.2 Å². The van der Waals surface area contributed by atoms with Gasteiger partial charge in [0, 0.05) is 6.61 Å². The van der Waals surface area contributed by atoms with Crippen molar-refractivity contribution in [3.63, 3.8) is 0 Å². The maximum Gasteiger partial charge on any atom is 0.416 e. The van der Waals surface area contributed by atoms with E-state index in [0.29, 0.717) is 18.5 Å². The number of nitrogen functional groups attached to an aromatic ring is 1. The summed E-state index contributed by atoms with van der Waals surface area (Å²) in [4.78, 5) is 0. The summed E-state index contributed by atoms with van der Waals surface area (Å²) in [5, 5.41) is 0. The molecule has 112 valence electrons. The summed E-state index contributed by atoms with van der Waals surface area (Å²) in [6, 6.07) is 3.14. The molecular formula is C14H18F3NO2. The number of rotatable bonds is 5. The Bertz CT molecular complexity index is 443. The van der Waals surface area contributed by atoms with E-state index < -0.39 is 11.7 Å². The monoisotopic (exact) mass is 289 g/mol. The van der Waals surface area contributed by atoms with Crippen molar-refractivity contribution in [2.75, 3.05) is 18.9 Å². The van der Waals surface area contributed by atoms with Gasteiger partial charge in [-0.15, -0.1) is 0 Å². The molecule has 3 nitrogen and oxygen atoms in total. The van der Waals surface area contributed by atoms with Gasteiger partial charge in [-0.3, -0.25) is 0 Å². The predicted molar refractivity (Wildman–Crippen MR) is 69.6 cm³/mol. The fourth-order valence-corrected chi connectivity index (χ4v) is 2.22. The van der Waals surface area contributed by atoms with Crippen molar-refractivity contribution in [2.24, 2.45) is 0 Å². The summed E-state index contributed by atoms with van der Waals surface area (Å²) in [7, 11) is 0. The Kier molecular flexibility index (Phi) is 4.75. The summed E-state index contributed by atoms with van der Waals surface area (Å²) < 4.78 is 48.3. The molecule has 0 aliphatic carbocycles. The Hall–Kier alpha value is -1.43. The zero-order valence-electron chi connectivity index (χ0n) is 11.1. The minimum absolute atomic E-state index is 0.0111. The second-order valence-corrected chi connectivity index (χ2v) is 4.88. The summed E-state index contributed by atoms with van der Waals surface area (Å²) in [5.74, 6) is 0.297. The van der Waals surface area contributed by atoms with Gasteiger partial charge in [-0.25, -0.2) is 0 Å². The zero-order chi connectivity index (χ0) is 14.6. The van der Waals surface area contributed by atoms with E-state index in [4.69, 9.17) is 15.2 Å². The molecule has 1 saturated heterocycles. The molecule has 6 heteroatoms. The summed E-state index contributed by atoms with van der Waals surface area (Å²) in [5.41, 5.74) is 4.82. The lowest BCUT2D eigenvalue weighted by atomic mass is 10.1. The fourth-order valence-electron chi connectivity index (χ4n) is 2.22. The lowest BCUT2D eigenvalue weighted by molar-refractivity contribution is -0.137. The SMILES string of the molecule is Nc1cc(C(F)(F)F)ccc1OCCCC1CCCO1. The molecule has 1 aromatic rings. The Labute approximate surface area is 115 Å². The normalized spacial score (nSPS) is 19.2.